The summed E-state index contributed by atoms with van der Waals surface area (Å²) in [5.41, 5.74) is 3.65. The Morgan fingerprint density at radius 3 is 2.57 bits per heavy atom. The molecule has 4 nitrogen and oxygen atoms in total. The van der Waals surface area contributed by atoms with Crippen molar-refractivity contribution < 1.29 is 15.0 Å². The second-order valence-electron chi connectivity index (χ2n) is 3.12. The monoisotopic (exact) mass is 215 g/mol. The molecule has 1 rings (SSSR count). The molecule has 0 fully saturated rings. The van der Waals surface area contributed by atoms with Crippen LogP contribution in [0.15, 0.2) is 12.1 Å². The summed E-state index contributed by atoms with van der Waals surface area (Å²) in [6.07, 6.45) is 0.410. The third-order valence-corrected chi connectivity index (χ3v) is 2.16. The fraction of sp³-hybridized carbons (Fsp3) is 0.222. The first kappa shape index (κ1) is 11.0. The van der Waals surface area contributed by atoms with Gasteiger partial charge in [-0.2, -0.15) is 0 Å². The fourth-order valence-corrected chi connectivity index (χ4v) is 1.30. The lowest BCUT2D eigenvalue weighted by atomic mass is 10.0. The molecule has 0 amide bonds. The van der Waals surface area contributed by atoms with Crippen molar-refractivity contribution in [3.05, 3.63) is 28.3 Å². The molecule has 5 heteroatoms. The average Bonchev–Trinajstić information content (AvgIpc) is 2.02. The van der Waals surface area contributed by atoms with E-state index in [0.717, 1.165) is 0 Å². The lowest BCUT2D eigenvalue weighted by Crippen LogP contribution is -2.32. The quantitative estimate of drug-likeness (QED) is 0.507. The molecule has 0 radical (unpaired) electrons. The summed E-state index contributed by atoms with van der Waals surface area (Å²) >= 11 is 5.64. The Morgan fingerprint density at radius 2 is 2.14 bits per heavy atom. The summed E-state index contributed by atoms with van der Waals surface area (Å²) in [7, 11) is 0. The lowest BCUT2D eigenvalue weighted by molar-refractivity contribution is 0.0620. The Kier molecular flexibility index (Phi) is 2.80. The number of benzene rings is 1. The molecule has 1 aromatic carbocycles. The molecule has 14 heavy (non-hydrogen) atoms. The fourth-order valence-electron chi connectivity index (χ4n) is 1.10. The van der Waals surface area contributed by atoms with E-state index >= 15 is 0 Å². The van der Waals surface area contributed by atoms with E-state index < -0.39 is 5.72 Å². The van der Waals surface area contributed by atoms with E-state index in [1.54, 1.807) is 0 Å². The number of aldehydes is 1. The van der Waals surface area contributed by atoms with E-state index in [4.69, 9.17) is 17.3 Å². The predicted molar refractivity (Wildman–Crippen MR) is 52.3 cm³/mol. The van der Waals surface area contributed by atoms with E-state index in [2.05, 4.69) is 0 Å². The van der Waals surface area contributed by atoms with Crippen LogP contribution in [-0.4, -0.2) is 16.5 Å². The van der Waals surface area contributed by atoms with Gasteiger partial charge in [-0.25, -0.2) is 0 Å². The third kappa shape index (κ3) is 1.87. The first-order chi connectivity index (χ1) is 6.38. The summed E-state index contributed by atoms with van der Waals surface area (Å²) in [4.78, 5) is 10.6. The topological polar surface area (TPSA) is 83.5 Å². The van der Waals surface area contributed by atoms with Crippen LogP contribution in [0.4, 0.5) is 0 Å². The summed E-state index contributed by atoms with van der Waals surface area (Å²) in [5, 5.41) is 19.1. The maximum absolute atomic E-state index is 10.6. The molecule has 0 heterocycles. The van der Waals surface area contributed by atoms with Crippen molar-refractivity contribution in [3.8, 4) is 5.75 Å². The molecular formula is C9H10ClNO3. The normalized spacial score (nSPS) is 14.9. The highest BCUT2D eigenvalue weighted by molar-refractivity contribution is 6.33. The number of hydrogen-bond donors (Lipinski definition) is 3. The van der Waals surface area contributed by atoms with Gasteiger partial charge in [-0.15, -0.1) is 0 Å². The van der Waals surface area contributed by atoms with Crippen molar-refractivity contribution in [3.63, 3.8) is 0 Å². The zero-order valence-corrected chi connectivity index (χ0v) is 8.25. The van der Waals surface area contributed by atoms with E-state index in [9.17, 15) is 15.0 Å². The Bertz CT molecular complexity index is 371. The molecule has 0 spiro atoms. The molecule has 1 aromatic rings. The zero-order valence-electron chi connectivity index (χ0n) is 7.49. The highest BCUT2D eigenvalue weighted by Gasteiger charge is 2.23. The van der Waals surface area contributed by atoms with Gasteiger partial charge in [0, 0.05) is 5.56 Å². The minimum atomic E-state index is -1.70. The summed E-state index contributed by atoms with van der Waals surface area (Å²) in [6.45, 7) is 1.30. The number of phenols is 1. The van der Waals surface area contributed by atoms with E-state index in [-0.39, 0.29) is 21.9 Å². The highest BCUT2D eigenvalue weighted by Crippen LogP contribution is 2.32. The first-order valence-corrected chi connectivity index (χ1v) is 4.24. The van der Waals surface area contributed by atoms with Crippen LogP contribution in [-0.2, 0) is 5.72 Å². The van der Waals surface area contributed by atoms with Gasteiger partial charge in [0.15, 0.2) is 6.29 Å². The standard InChI is InChI=1S/C9H10ClNO3/c1-9(11,14)6-2-3-7(10)5(4-12)8(6)13/h2-4,13-14H,11H2,1H3. The van der Waals surface area contributed by atoms with Crippen LogP contribution in [0.3, 0.4) is 0 Å². The van der Waals surface area contributed by atoms with Crippen molar-refractivity contribution >= 4 is 17.9 Å². The Labute approximate surface area is 85.9 Å². The molecule has 0 saturated heterocycles. The number of halogens is 1. The maximum atomic E-state index is 10.6. The summed E-state index contributed by atoms with van der Waals surface area (Å²) in [6, 6.07) is 2.76. The molecular weight excluding hydrogens is 206 g/mol. The Balaban J connectivity index is 3.43. The minimum absolute atomic E-state index is 0.0593. The molecule has 0 saturated carbocycles. The number of carbonyl (C=O) groups excluding carboxylic acids is 1. The average molecular weight is 216 g/mol. The second-order valence-corrected chi connectivity index (χ2v) is 3.53. The van der Waals surface area contributed by atoms with Gasteiger partial charge in [0.25, 0.3) is 0 Å². The number of rotatable bonds is 2. The molecule has 1 atom stereocenters. The Hall–Kier alpha value is -1.10. The largest absolute Gasteiger partial charge is 0.507 e. The van der Waals surface area contributed by atoms with E-state index in [0.29, 0.717) is 6.29 Å². The van der Waals surface area contributed by atoms with Gasteiger partial charge < -0.3 is 10.2 Å². The Morgan fingerprint density at radius 1 is 1.57 bits per heavy atom. The predicted octanol–water partition coefficient (Wildman–Crippen LogP) is 0.982. The first-order valence-electron chi connectivity index (χ1n) is 3.86. The van der Waals surface area contributed by atoms with Crippen molar-refractivity contribution in [1.29, 1.82) is 0 Å². The smallest absolute Gasteiger partial charge is 0.155 e. The third-order valence-electron chi connectivity index (χ3n) is 1.83. The van der Waals surface area contributed by atoms with E-state index in [1.807, 2.05) is 0 Å². The number of phenolic OH excluding ortho intramolecular Hbond substituents is 1. The number of nitrogens with two attached hydrogens (primary N) is 1. The number of aliphatic hydroxyl groups is 1. The number of aromatic hydroxyl groups is 1. The molecule has 0 aliphatic carbocycles. The van der Waals surface area contributed by atoms with Gasteiger partial charge in [-0.05, 0) is 19.1 Å². The highest BCUT2D eigenvalue weighted by atomic mass is 35.5. The van der Waals surface area contributed by atoms with Gasteiger partial charge >= 0.3 is 0 Å². The van der Waals surface area contributed by atoms with Crippen LogP contribution in [0.1, 0.15) is 22.8 Å². The zero-order chi connectivity index (χ0) is 10.9. The maximum Gasteiger partial charge on any atom is 0.155 e. The number of carbonyl (C=O) groups is 1. The summed E-state index contributed by atoms with van der Waals surface area (Å²) < 4.78 is 0. The van der Waals surface area contributed by atoms with Crippen LogP contribution in [0.25, 0.3) is 0 Å². The van der Waals surface area contributed by atoms with Crippen molar-refractivity contribution in [2.45, 2.75) is 12.6 Å². The molecule has 4 N–H and O–H groups in total. The molecule has 0 aromatic heterocycles. The van der Waals surface area contributed by atoms with Gasteiger partial charge in [-0.3, -0.25) is 10.5 Å². The van der Waals surface area contributed by atoms with Crippen LogP contribution < -0.4 is 5.73 Å². The molecule has 1 unspecified atom stereocenters. The number of hydrogen-bond acceptors (Lipinski definition) is 4. The van der Waals surface area contributed by atoms with Gasteiger partial charge in [-0.1, -0.05) is 11.6 Å². The second kappa shape index (κ2) is 3.57. The summed E-state index contributed by atoms with van der Waals surface area (Å²) in [5.74, 6) is -0.389. The SMILES string of the molecule is CC(N)(O)c1ccc(Cl)c(C=O)c1O. The van der Waals surface area contributed by atoms with E-state index in [1.165, 1.54) is 19.1 Å². The van der Waals surface area contributed by atoms with Crippen LogP contribution >= 0.6 is 11.6 Å². The molecule has 76 valence electrons. The van der Waals surface area contributed by atoms with Crippen LogP contribution in [0.2, 0.25) is 5.02 Å². The van der Waals surface area contributed by atoms with Gasteiger partial charge in [0.05, 0.1) is 10.6 Å². The molecule has 0 aliphatic rings. The van der Waals surface area contributed by atoms with Crippen molar-refractivity contribution in [1.82, 2.24) is 0 Å². The van der Waals surface area contributed by atoms with Crippen molar-refractivity contribution in [2.75, 3.05) is 0 Å². The van der Waals surface area contributed by atoms with Crippen LogP contribution in [0, 0.1) is 0 Å². The molecule has 0 aliphatic heterocycles. The molecule has 0 bridgehead atoms. The van der Waals surface area contributed by atoms with Crippen LogP contribution in [0.5, 0.6) is 5.75 Å². The van der Waals surface area contributed by atoms with Crippen molar-refractivity contribution in [2.24, 2.45) is 5.73 Å². The minimum Gasteiger partial charge on any atom is -0.507 e. The lowest BCUT2D eigenvalue weighted by Gasteiger charge is -2.19. The van der Waals surface area contributed by atoms with Gasteiger partial charge in [0.2, 0.25) is 0 Å². The van der Waals surface area contributed by atoms with Gasteiger partial charge in [0.1, 0.15) is 11.5 Å².